The van der Waals surface area contributed by atoms with Gasteiger partial charge in [-0.25, -0.2) is 0 Å². The van der Waals surface area contributed by atoms with E-state index in [-0.39, 0.29) is 0 Å². The van der Waals surface area contributed by atoms with E-state index in [2.05, 4.69) is 83.4 Å². The molecule has 112 valence electrons. The number of allylic oxidation sites excluding steroid dienone is 1. The van der Waals surface area contributed by atoms with E-state index in [1.54, 1.807) is 0 Å². The maximum atomic E-state index is 2.36. The Morgan fingerprint density at radius 3 is 2.00 bits per heavy atom. The Bertz CT molecular complexity index is 390. The highest BCUT2D eigenvalue weighted by Gasteiger charge is 2.33. The van der Waals surface area contributed by atoms with Crippen molar-refractivity contribution in [1.29, 1.82) is 0 Å². The van der Waals surface area contributed by atoms with E-state index < -0.39 is 0 Å². The minimum atomic E-state index is 0.354. The summed E-state index contributed by atoms with van der Waals surface area (Å²) in [6, 6.07) is 10.7. The van der Waals surface area contributed by atoms with Crippen molar-refractivity contribution in [3.63, 3.8) is 0 Å². The Kier molecular flexibility index (Phi) is 6.39. The van der Waals surface area contributed by atoms with Crippen molar-refractivity contribution in [3.05, 3.63) is 47.4 Å². The topological polar surface area (TPSA) is 0 Å². The van der Waals surface area contributed by atoms with Crippen LogP contribution in [0.2, 0.25) is 0 Å². The van der Waals surface area contributed by atoms with E-state index >= 15 is 0 Å². The van der Waals surface area contributed by atoms with Crippen molar-refractivity contribution in [3.8, 4) is 0 Å². The molecular weight excluding hydrogens is 260 g/mol. The lowest BCUT2D eigenvalue weighted by Crippen LogP contribution is -2.32. The molecule has 0 fully saturated rings. The molecule has 1 rings (SSSR count). The zero-order chi connectivity index (χ0) is 15.2. The quantitative estimate of drug-likeness (QED) is 0.594. The first-order chi connectivity index (χ1) is 9.21. The highest BCUT2D eigenvalue weighted by molar-refractivity contribution is 8.01. The Balaban J connectivity index is 2.46. The van der Waals surface area contributed by atoms with Crippen LogP contribution in [0.5, 0.6) is 0 Å². The summed E-state index contributed by atoms with van der Waals surface area (Å²) in [5, 5.41) is 2.28. The summed E-state index contributed by atoms with van der Waals surface area (Å²) in [5.74, 6) is 1.76. The van der Waals surface area contributed by atoms with Crippen LogP contribution < -0.4 is 0 Å². The van der Waals surface area contributed by atoms with Gasteiger partial charge >= 0.3 is 0 Å². The molecule has 0 spiro atoms. The molecule has 0 nitrogen and oxygen atoms in total. The standard InChI is InChI=1S/C19H30S/c1-18(2,3)17(19(4,5)6)13-10-14-20-15-16-11-8-7-9-12-16/h7-12,14,17H,13,15H2,1-6H3. The van der Waals surface area contributed by atoms with E-state index in [1.807, 2.05) is 11.8 Å². The Hall–Kier alpha value is -0.690. The van der Waals surface area contributed by atoms with Gasteiger partial charge in [0.05, 0.1) is 0 Å². The molecule has 20 heavy (non-hydrogen) atoms. The third kappa shape index (κ3) is 6.17. The van der Waals surface area contributed by atoms with Gasteiger partial charge < -0.3 is 0 Å². The zero-order valence-corrected chi connectivity index (χ0v) is 14.8. The molecule has 1 aromatic carbocycles. The van der Waals surface area contributed by atoms with Gasteiger partial charge in [0.2, 0.25) is 0 Å². The van der Waals surface area contributed by atoms with Crippen molar-refractivity contribution < 1.29 is 0 Å². The second-order valence-electron chi connectivity index (χ2n) is 7.69. The van der Waals surface area contributed by atoms with Crippen LogP contribution in [0.1, 0.15) is 53.5 Å². The molecule has 0 aliphatic carbocycles. The molecule has 0 saturated heterocycles. The molecular formula is C19H30S. The van der Waals surface area contributed by atoms with Crippen LogP contribution in [-0.4, -0.2) is 0 Å². The highest BCUT2D eigenvalue weighted by atomic mass is 32.2. The van der Waals surface area contributed by atoms with Gasteiger partial charge in [-0.1, -0.05) is 78.0 Å². The number of hydrogen-bond donors (Lipinski definition) is 0. The van der Waals surface area contributed by atoms with Crippen LogP contribution >= 0.6 is 11.8 Å². The fraction of sp³-hybridized carbons (Fsp3) is 0.579. The molecule has 1 aromatic rings. The first-order valence-corrected chi connectivity index (χ1v) is 8.56. The Morgan fingerprint density at radius 2 is 1.50 bits per heavy atom. The molecule has 0 atom stereocenters. The second kappa shape index (κ2) is 7.36. The Labute approximate surface area is 130 Å². The summed E-state index contributed by atoms with van der Waals surface area (Å²) < 4.78 is 0. The third-order valence-electron chi connectivity index (χ3n) is 3.75. The van der Waals surface area contributed by atoms with Crippen molar-refractivity contribution >= 4 is 11.8 Å². The van der Waals surface area contributed by atoms with Crippen LogP contribution in [0.4, 0.5) is 0 Å². The third-order valence-corrected chi connectivity index (χ3v) is 4.63. The fourth-order valence-electron chi connectivity index (χ4n) is 2.98. The molecule has 0 aromatic heterocycles. The first kappa shape index (κ1) is 17.4. The normalized spacial score (nSPS) is 13.3. The van der Waals surface area contributed by atoms with E-state index in [0.717, 1.165) is 12.2 Å². The summed E-state index contributed by atoms with van der Waals surface area (Å²) in [7, 11) is 0. The summed E-state index contributed by atoms with van der Waals surface area (Å²) in [4.78, 5) is 0. The molecule has 0 saturated carbocycles. The van der Waals surface area contributed by atoms with Crippen LogP contribution in [0, 0.1) is 16.7 Å². The van der Waals surface area contributed by atoms with Crippen molar-refractivity contribution in [2.24, 2.45) is 16.7 Å². The van der Waals surface area contributed by atoms with Gasteiger partial charge in [-0.3, -0.25) is 0 Å². The van der Waals surface area contributed by atoms with E-state index in [4.69, 9.17) is 0 Å². The molecule has 1 heteroatoms. The van der Waals surface area contributed by atoms with Crippen molar-refractivity contribution in [2.75, 3.05) is 0 Å². The smallest absolute Gasteiger partial charge is 0.0225 e. The number of rotatable bonds is 5. The minimum Gasteiger partial charge on any atom is -0.130 e. The molecule has 0 bridgehead atoms. The highest BCUT2D eigenvalue weighted by Crippen LogP contribution is 2.42. The number of benzene rings is 1. The maximum absolute atomic E-state index is 2.36. The molecule has 0 heterocycles. The summed E-state index contributed by atoms with van der Waals surface area (Å²) in [6.45, 7) is 14.1. The van der Waals surface area contributed by atoms with Crippen molar-refractivity contribution in [2.45, 2.75) is 53.7 Å². The number of hydrogen-bond acceptors (Lipinski definition) is 1. The van der Waals surface area contributed by atoms with Gasteiger partial charge in [-0.15, -0.1) is 11.8 Å². The largest absolute Gasteiger partial charge is 0.130 e. The van der Waals surface area contributed by atoms with Crippen LogP contribution in [0.3, 0.4) is 0 Å². The lowest BCUT2D eigenvalue weighted by molar-refractivity contribution is 0.105. The SMILES string of the molecule is CC(C)(C)C(CC=CSCc1ccccc1)C(C)(C)C. The number of thioether (sulfide) groups is 1. The lowest BCUT2D eigenvalue weighted by Gasteiger charge is -2.40. The van der Waals surface area contributed by atoms with Gasteiger partial charge in [0.25, 0.3) is 0 Å². The fourth-order valence-corrected chi connectivity index (χ4v) is 3.71. The predicted molar refractivity (Wildman–Crippen MR) is 93.9 cm³/mol. The van der Waals surface area contributed by atoms with Gasteiger partial charge in [0.15, 0.2) is 0 Å². The second-order valence-corrected chi connectivity index (χ2v) is 8.58. The first-order valence-electron chi connectivity index (χ1n) is 7.52. The van der Waals surface area contributed by atoms with E-state index in [1.165, 1.54) is 5.56 Å². The molecule has 0 N–H and O–H groups in total. The molecule has 0 radical (unpaired) electrons. The van der Waals surface area contributed by atoms with Crippen LogP contribution in [0.15, 0.2) is 41.8 Å². The minimum absolute atomic E-state index is 0.354. The van der Waals surface area contributed by atoms with Gasteiger partial charge in [0, 0.05) is 5.75 Å². The monoisotopic (exact) mass is 290 g/mol. The van der Waals surface area contributed by atoms with Crippen molar-refractivity contribution in [1.82, 2.24) is 0 Å². The lowest BCUT2D eigenvalue weighted by atomic mass is 9.65. The summed E-state index contributed by atoms with van der Waals surface area (Å²) >= 11 is 1.89. The van der Waals surface area contributed by atoms with Gasteiger partial charge in [0.1, 0.15) is 0 Å². The van der Waals surface area contributed by atoms with E-state index in [0.29, 0.717) is 16.7 Å². The van der Waals surface area contributed by atoms with E-state index in [9.17, 15) is 0 Å². The zero-order valence-electron chi connectivity index (χ0n) is 13.9. The van der Waals surface area contributed by atoms with Gasteiger partial charge in [-0.05, 0) is 34.1 Å². The summed E-state index contributed by atoms with van der Waals surface area (Å²) in [5.41, 5.74) is 2.10. The molecule has 0 aliphatic heterocycles. The Morgan fingerprint density at radius 1 is 0.950 bits per heavy atom. The average molecular weight is 291 g/mol. The maximum Gasteiger partial charge on any atom is 0.0225 e. The average Bonchev–Trinajstić information content (AvgIpc) is 2.31. The van der Waals surface area contributed by atoms with Crippen LogP contribution in [0.25, 0.3) is 0 Å². The van der Waals surface area contributed by atoms with Crippen LogP contribution in [-0.2, 0) is 5.75 Å². The molecule has 0 amide bonds. The summed E-state index contributed by atoms with van der Waals surface area (Å²) in [6.07, 6.45) is 3.52. The molecule has 0 aliphatic rings. The molecule has 0 unspecified atom stereocenters. The van der Waals surface area contributed by atoms with Gasteiger partial charge in [-0.2, -0.15) is 0 Å². The predicted octanol–water partition coefficient (Wildman–Crippen LogP) is 6.53.